The van der Waals surface area contributed by atoms with Gasteiger partial charge >= 0.3 is 0 Å². The lowest BCUT2D eigenvalue weighted by Crippen LogP contribution is -2.46. The van der Waals surface area contributed by atoms with Gasteiger partial charge in [-0.2, -0.15) is 0 Å². The summed E-state index contributed by atoms with van der Waals surface area (Å²) in [5.74, 6) is 0. The maximum absolute atomic E-state index is 12.4. The number of nitrogens with zero attached hydrogens (tertiary/aromatic N) is 1. The van der Waals surface area contributed by atoms with Gasteiger partial charge in [0.15, 0.2) is 6.30 Å². The van der Waals surface area contributed by atoms with E-state index >= 15 is 0 Å². The van der Waals surface area contributed by atoms with Gasteiger partial charge in [0.25, 0.3) is 0 Å². The third kappa shape index (κ3) is 1.17. The van der Waals surface area contributed by atoms with Crippen molar-refractivity contribution in [2.24, 2.45) is 0 Å². The lowest BCUT2D eigenvalue weighted by atomic mass is 10.4. The van der Waals surface area contributed by atoms with Crippen molar-refractivity contribution in [1.29, 1.82) is 0 Å². The van der Waals surface area contributed by atoms with Crippen LogP contribution in [0.5, 0.6) is 0 Å². The summed E-state index contributed by atoms with van der Waals surface area (Å²) in [4.78, 5) is 1.70. The molecule has 1 saturated heterocycles. The molecule has 0 bridgehead atoms. The average Bonchev–Trinajstić information content (AvgIpc) is 1.77. The highest BCUT2D eigenvalue weighted by molar-refractivity contribution is 4.67. The number of alkyl halides is 1. The molecule has 0 amide bonds. The molecule has 0 radical (unpaired) electrons. The summed E-state index contributed by atoms with van der Waals surface area (Å²) < 4.78 is 12.4. The van der Waals surface area contributed by atoms with Crippen LogP contribution >= 0.6 is 0 Å². The van der Waals surface area contributed by atoms with Gasteiger partial charge in [0, 0.05) is 19.6 Å². The highest BCUT2D eigenvalue weighted by Gasteiger charge is 2.15. The fraction of sp³-hybridized carbons (Fsp3) is 1.00. The molecule has 0 aromatic carbocycles. The Morgan fingerprint density at radius 1 is 1.75 bits per heavy atom. The van der Waals surface area contributed by atoms with Crippen molar-refractivity contribution in [1.82, 2.24) is 10.2 Å². The van der Waals surface area contributed by atoms with Crippen LogP contribution in [0, 0.1) is 0 Å². The number of hydrogen-bond donors (Lipinski definition) is 1. The van der Waals surface area contributed by atoms with E-state index in [0.717, 1.165) is 13.1 Å². The Labute approximate surface area is 48.7 Å². The van der Waals surface area contributed by atoms with Crippen LogP contribution in [0.25, 0.3) is 0 Å². The molecule has 1 aliphatic heterocycles. The van der Waals surface area contributed by atoms with Crippen LogP contribution in [-0.4, -0.2) is 37.9 Å². The van der Waals surface area contributed by atoms with Crippen molar-refractivity contribution in [3.8, 4) is 0 Å². The molecule has 2 nitrogen and oxygen atoms in total. The maximum atomic E-state index is 12.4. The molecule has 0 saturated carbocycles. The summed E-state index contributed by atoms with van der Waals surface area (Å²) in [5.41, 5.74) is 0. The van der Waals surface area contributed by atoms with Crippen LogP contribution < -0.4 is 5.32 Å². The van der Waals surface area contributed by atoms with Gasteiger partial charge in [-0.15, -0.1) is 0 Å². The molecule has 48 valence electrons. The standard InChI is InChI=1S/C5H11FN2/c1-8-3-2-7-4-5(8)6/h5,7H,2-4H2,1H3. The van der Waals surface area contributed by atoms with Gasteiger partial charge in [-0.25, -0.2) is 4.39 Å². The van der Waals surface area contributed by atoms with Crippen molar-refractivity contribution in [2.45, 2.75) is 6.30 Å². The van der Waals surface area contributed by atoms with Crippen molar-refractivity contribution in [2.75, 3.05) is 26.7 Å². The van der Waals surface area contributed by atoms with Crippen LogP contribution in [0.4, 0.5) is 4.39 Å². The monoisotopic (exact) mass is 118 g/mol. The zero-order valence-electron chi connectivity index (χ0n) is 5.02. The van der Waals surface area contributed by atoms with Gasteiger partial charge in [0.05, 0.1) is 0 Å². The van der Waals surface area contributed by atoms with E-state index in [1.165, 1.54) is 0 Å². The number of piperazine rings is 1. The highest BCUT2D eigenvalue weighted by Crippen LogP contribution is 1.98. The first kappa shape index (κ1) is 5.98. The molecule has 1 unspecified atom stereocenters. The SMILES string of the molecule is CN1CCNCC1F. The van der Waals surface area contributed by atoms with Crippen LogP contribution in [-0.2, 0) is 0 Å². The largest absolute Gasteiger partial charge is 0.311 e. The van der Waals surface area contributed by atoms with E-state index < -0.39 is 6.30 Å². The first-order valence-electron chi connectivity index (χ1n) is 2.86. The summed E-state index contributed by atoms with van der Waals surface area (Å²) >= 11 is 0. The molecule has 3 heteroatoms. The zero-order chi connectivity index (χ0) is 5.98. The molecule has 1 rings (SSSR count). The lowest BCUT2D eigenvalue weighted by Gasteiger charge is -2.26. The van der Waals surface area contributed by atoms with Gasteiger partial charge in [-0.05, 0) is 7.05 Å². The van der Waals surface area contributed by atoms with Gasteiger partial charge in [-0.1, -0.05) is 0 Å². The Balaban J connectivity index is 2.28. The van der Waals surface area contributed by atoms with Crippen molar-refractivity contribution in [3.63, 3.8) is 0 Å². The molecule has 1 fully saturated rings. The lowest BCUT2D eigenvalue weighted by molar-refractivity contribution is 0.0844. The number of halogens is 1. The van der Waals surface area contributed by atoms with E-state index in [0.29, 0.717) is 6.54 Å². The van der Waals surface area contributed by atoms with E-state index in [1.807, 2.05) is 0 Å². The second kappa shape index (κ2) is 2.42. The van der Waals surface area contributed by atoms with Crippen LogP contribution in [0.1, 0.15) is 0 Å². The molecule has 8 heavy (non-hydrogen) atoms. The first-order valence-corrected chi connectivity index (χ1v) is 2.86. The van der Waals surface area contributed by atoms with Crippen molar-refractivity contribution in [3.05, 3.63) is 0 Å². The Morgan fingerprint density at radius 3 is 2.88 bits per heavy atom. The van der Waals surface area contributed by atoms with Gasteiger partial charge in [-0.3, -0.25) is 4.90 Å². The average molecular weight is 118 g/mol. The number of hydrogen-bond acceptors (Lipinski definition) is 2. The van der Waals surface area contributed by atoms with Gasteiger partial charge in [0.2, 0.25) is 0 Å². The van der Waals surface area contributed by atoms with E-state index in [1.54, 1.807) is 11.9 Å². The van der Waals surface area contributed by atoms with Gasteiger partial charge in [0.1, 0.15) is 0 Å². The summed E-state index contributed by atoms with van der Waals surface area (Å²) in [6, 6.07) is 0. The third-order valence-electron chi connectivity index (χ3n) is 1.43. The number of rotatable bonds is 0. The molecule has 1 atom stereocenters. The molecule has 1 aliphatic rings. The Bertz CT molecular complexity index is 66.8. The highest BCUT2D eigenvalue weighted by atomic mass is 19.1. The molecule has 0 spiro atoms. The summed E-state index contributed by atoms with van der Waals surface area (Å²) in [7, 11) is 1.80. The summed E-state index contributed by atoms with van der Waals surface area (Å²) in [6.07, 6.45) is -0.774. The van der Waals surface area contributed by atoms with Crippen LogP contribution in [0.3, 0.4) is 0 Å². The fourth-order valence-corrected chi connectivity index (χ4v) is 0.772. The second-order valence-electron chi connectivity index (χ2n) is 2.12. The zero-order valence-corrected chi connectivity index (χ0v) is 5.02. The summed E-state index contributed by atoms with van der Waals surface area (Å²) in [5, 5.41) is 2.95. The van der Waals surface area contributed by atoms with Crippen LogP contribution in [0.15, 0.2) is 0 Å². The minimum atomic E-state index is -0.774. The molecule has 0 aromatic rings. The predicted molar refractivity (Wildman–Crippen MR) is 30.4 cm³/mol. The Kier molecular flexibility index (Phi) is 1.81. The smallest absolute Gasteiger partial charge is 0.165 e. The van der Waals surface area contributed by atoms with Crippen LogP contribution in [0.2, 0.25) is 0 Å². The van der Waals surface area contributed by atoms with Gasteiger partial charge < -0.3 is 5.32 Å². The molecule has 0 aliphatic carbocycles. The van der Waals surface area contributed by atoms with E-state index in [9.17, 15) is 4.39 Å². The number of likely N-dealkylation sites (N-methyl/N-ethyl adjacent to an activating group) is 1. The molecular formula is C5H11FN2. The quantitative estimate of drug-likeness (QED) is 0.444. The summed E-state index contributed by atoms with van der Waals surface area (Å²) in [6.45, 7) is 2.22. The molecule has 0 aromatic heterocycles. The minimum Gasteiger partial charge on any atom is -0.311 e. The van der Waals surface area contributed by atoms with E-state index in [-0.39, 0.29) is 0 Å². The number of nitrogens with one attached hydrogen (secondary N) is 1. The molecule has 1 N–H and O–H groups in total. The Hall–Kier alpha value is -0.150. The molecular weight excluding hydrogens is 107 g/mol. The third-order valence-corrected chi connectivity index (χ3v) is 1.43. The Morgan fingerprint density at radius 2 is 2.50 bits per heavy atom. The second-order valence-corrected chi connectivity index (χ2v) is 2.12. The van der Waals surface area contributed by atoms with Crippen molar-refractivity contribution < 1.29 is 4.39 Å². The topological polar surface area (TPSA) is 15.3 Å². The minimum absolute atomic E-state index is 0.483. The maximum Gasteiger partial charge on any atom is 0.165 e. The van der Waals surface area contributed by atoms with E-state index in [2.05, 4.69) is 5.32 Å². The first-order chi connectivity index (χ1) is 3.80. The van der Waals surface area contributed by atoms with Crippen molar-refractivity contribution >= 4 is 0 Å². The normalized spacial score (nSPS) is 33.0. The molecule has 1 heterocycles. The fourth-order valence-electron chi connectivity index (χ4n) is 0.772. The predicted octanol–water partition coefficient (Wildman–Crippen LogP) is -0.183. The van der Waals surface area contributed by atoms with E-state index in [4.69, 9.17) is 0 Å².